The van der Waals surface area contributed by atoms with Gasteiger partial charge in [-0.2, -0.15) is 16.4 Å². The van der Waals surface area contributed by atoms with E-state index in [1.54, 1.807) is 17.4 Å². The van der Waals surface area contributed by atoms with Crippen molar-refractivity contribution in [2.75, 3.05) is 0 Å². The summed E-state index contributed by atoms with van der Waals surface area (Å²) in [6.45, 7) is 2.20. The van der Waals surface area contributed by atoms with E-state index in [-0.39, 0.29) is 0 Å². The monoisotopic (exact) mass is 466 g/mol. The molecule has 170 valence electrons. The van der Waals surface area contributed by atoms with Crippen molar-refractivity contribution in [2.24, 2.45) is 5.92 Å². The van der Waals surface area contributed by atoms with Gasteiger partial charge in [-0.1, -0.05) is 55.0 Å². The van der Waals surface area contributed by atoms with Crippen LogP contribution in [-0.4, -0.2) is 21.3 Å². The number of hydrogen-bond acceptors (Lipinski definition) is 3. The predicted molar refractivity (Wildman–Crippen MR) is 139 cm³/mol. The molecule has 2 N–H and O–H groups in total. The Balaban J connectivity index is 1.66. The second kappa shape index (κ2) is 9.65. The normalized spacial score (nSPS) is 14.7. The van der Waals surface area contributed by atoms with Crippen LogP contribution in [0.1, 0.15) is 47.1 Å². The fraction of sp³-hybridized carbons (Fsp3) is 0.172. The summed E-state index contributed by atoms with van der Waals surface area (Å²) >= 11 is 1.76. The van der Waals surface area contributed by atoms with E-state index in [0.29, 0.717) is 5.92 Å². The molecule has 2 heterocycles. The van der Waals surface area contributed by atoms with Crippen molar-refractivity contribution in [1.82, 2.24) is 10.2 Å². The van der Waals surface area contributed by atoms with Crippen LogP contribution < -0.4 is 0 Å². The van der Waals surface area contributed by atoms with Gasteiger partial charge in [0.2, 0.25) is 0 Å². The molecule has 0 amide bonds. The lowest BCUT2D eigenvalue weighted by Gasteiger charge is -2.31. The zero-order valence-corrected chi connectivity index (χ0v) is 19.8. The quantitative estimate of drug-likeness (QED) is 0.281. The Kier molecular flexibility index (Phi) is 6.28. The van der Waals surface area contributed by atoms with E-state index in [9.17, 15) is 4.79 Å². The highest BCUT2D eigenvalue weighted by atomic mass is 32.1. The van der Waals surface area contributed by atoms with E-state index in [1.807, 2.05) is 24.5 Å². The molecule has 1 aliphatic rings. The summed E-state index contributed by atoms with van der Waals surface area (Å²) in [6.07, 6.45) is 10.2. The van der Waals surface area contributed by atoms with Crippen LogP contribution in [0.4, 0.5) is 0 Å². The number of carboxylic acid groups (broad SMARTS) is 1. The second-order valence-electron chi connectivity index (χ2n) is 8.74. The molecule has 1 aliphatic carbocycles. The molecule has 1 saturated carbocycles. The molecule has 34 heavy (non-hydrogen) atoms. The molecule has 0 radical (unpaired) electrons. The Morgan fingerprint density at radius 3 is 2.26 bits per heavy atom. The third kappa shape index (κ3) is 4.52. The molecule has 5 heteroatoms. The molecule has 5 rings (SSSR count). The molecule has 0 saturated heterocycles. The number of rotatable bonds is 7. The van der Waals surface area contributed by atoms with Crippen LogP contribution in [0.2, 0.25) is 0 Å². The number of hydrogen-bond donors (Lipinski definition) is 2. The van der Waals surface area contributed by atoms with Crippen LogP contribution in [-0.2, 0) is 4.79 Å². The van der Waals surface area contributed by atoms with E-state index in [1.165, 1.54) is 53.2 Å². The number of aliphatic carboxylic acids is 1. The maximum absolute atomic E-state index is 10.9. The lowest BCUT2D eigenvalue weighted by Crippen LogP contribution is -2.15. The molecule has 0 atom stereocenters. The summed E-state index contributed by atoms with van der Waals surface area (Å²) in [5, 5.41) is 20.4. The highest BCUT2D eigenvalue weighted by molar-refractivity contribution is 7.08. The topological polar surface area (TPSA) is 66.0 Å². The number of nitrogens with one attached hydrogen (secondary N) is 1. The predicted octanol–water partition coefficient (Wildman–Crippen LogP) is 7.30. The Morgan fingerprint density at radius 2 is 1.74 bits per heavy atom. The minimum Gasteiger partial charge on any atom is -0.478 e. The maximum Gasteiger partial charge on any atom is 0.328 e. The van der Waals surface area contributed by atoms with Gasteiger partial charge in [0, 0.05) is 17.8 Å². The van der Waals surface area contributed by atoms with E-state index in [2.05, 4.69) is 64.3 Å². The fourth-order valence-corrected chi connectivity index (χ4v) is 5.38. The van der Waals surface area contributed by atoms with Gasteiger partial charge in [-0.15, -0.1) is 0 Å². The van der Waals surface area contributed by atoms with Gasteiger partial charge in [0.25, 0.3) is 0 Å². The van der Waals surface area contributed by atoms with Gasteiger partial charge in [0.15, 0.2) is 0 Å². The number of allylic oxidation sites excluding steroid dienone is 1. The Hall–Kier alpha value is -3.70. The van der Waals surface area contributed by atoms with Crippen LogP contribution in [0.25, 0.3) is 28.3 Å². The number of nitrogens with zero attached hydrogens (tertiary/aromatic N) is 1. The molecule has 2 aromatic carbocycles. The Bertz CT molecular complexity index is 1340. The lowest BCUT2D eigenvalue weighted by molar-refractivity contribution is -0.131. The first-order valence-electron chi connectivity index (χ1n) is 11.5. The molecular formula is C29H26N2O2S. The highest BCUT2D eigenvalue weighted by Gasteiger charge is 2.28. The van der Waals surface area contributed by atoms with Crippen molar-refractivity contribution < 1.29 is 9.90 Å². The van der Waals surface area contributed by atoms with Crippen LogP contribution in [0.5, 0.6) is 0 Å². The standard InChI is InChI=1S/C29H26N2O2S/c1-19-17-34-18-26(19)29(22-3-2-4-22)28(23-8-5-20(6-9-23)7-14-27(32)33)24-12-10-21(11-13-24)25-15-30-31-16-25/h5-18,22H,2-4H2,1H3,(H,30,31)(H,32,33)/b14-7+,29-28+. The Morgan fingerprint density at radius 1 is 1.03 bits per heavy atom. The largest absolute Gasteiger partial charge is 0.478 e. The lowest BCUT2D eigenvalue weighted by atomic mass is 9.73. The zero-order valence-electron chi connectivity index (χ0n) is 19.0. The van der Waals surface area contributed by atoms with Gasteiger partial charge in [0.05, 0.1) is 6.20 Å². The highest BCUT2D eigenvalue weighted by Crippen LogP contribution is 2.46. The van der Waals surface area contributed by atoms with E-state index < -0.39 is 5.97 Å². The average molecular weight is 467 g/mol. The summed E-state index contributed by atoms with van der Waals surface area (Å²) in [5.41, 5.74) is 10.8. The third-order valence-corrected chi connectivity index (χ3v) is 7.41. The maximum atomic E-state index is 10.9. The molecule has 4 nitrogen and oxygen atoms in total. The molecule has 4 aromatic rings. The zero-order chi connectivity index (χ0) is 23.5. The molecule has 1 fully saturated rings. The van der Waals surface area contributed by atoms with E-state index in [0.717, 1.165) is 22.3 Å². The molecule has 0 aliphatic heterocycles. The van der Waals surface area contributed by atoms with Crippen molar-refractivity contribution in [3.8, 4) is 11.1 Å². The fourth-order valence-electron chi connectivity index (χ4n) is 4.54. The number of carbonyl (C=O) groups is 1. The number of aromatic nitrogens is 2. The number of H-pyrrole nitrogens is 1. The van der Waals surface area contributed by atoms with Crippen molar-refractivity contribution >= 4 is 34.5 Å². The average Bonchev–Trinajstić information content (AvgIpc) is 3.49. The van der Waals surface area contributed by atoms with Crippen molar-refractivity contribution in [3.05, 3.63) is 106 Å². The molecular weight excluding hydrogens is 440 g/mol. The summed E-state index contributed by atoms with van der Waals surface area (Å²) in [7, 11) is 0. The van der Waals surface area contributed by atoms with Crippen molar-refractivity contribution in [3.63, 3.8) is 0 Å². The van der Waals surface area contributed by atoms with Crippen molar-refractivity contribution in [1.29, 1.82) is 0 Å². The number of benzene rings is 2. The smallest absolute Gasteiger partial charge is 0.328 e. The first-order chi connectivity index (χ1) is 16.6. The SMILES string of the molecule is Cc1cscc1/C(=C(\c1ccc(/C=C/C(=O)O)cc1)c1ccc(-c2cn[nH]c2)cc1)C1CCC1. The van der Waals surface area contributed by atoms with Gasteiger partial charge in [-0.05, 0) is 87.0 Å². The van der Waals surface area contributed by atoms with Gasteiger partial charge in [-0.3, -0.25) is 5.10 Å². The minimum atomic E-state index is -0.942. The van der Waals surface area contributed by atoms with Crippen molar-refractivity contribution in [2.45, 2.75) is 26.2 Å². The molecule has 0 unspecified atom stereocenters. The Labute approximate surface area is 203 Å². The van der Waals surface area contributed by atoms with Crippen LogP contribution in [0.3, 0.4) is 0 Å². The van der Waals surface area contributed by atoms with E-state index in [4.69, 9.17) is 5.11 Å². The van der Waals surface area contributed by atoms with Gasteiger partial charge in [-0.25, -0.2) is 4.79 Å². The number of carboxylic acids is 1. The van der Waals surface area contributed by atoms with Crippen LogP contribution >= 0.6 is 11.3 Å². The molecule has 0 spiro atoms. The third-order valence-electron chi connectivity index (χ3n) is 6.55. The summed E-state index contributed by atoms with van der Waals surface area (Å²) in [5.74, 6) is -0.397. The van der Waals surface area contributed by atoms with Crippen LogP contribution in [0, 0.1) is 12.8 Å². The molecule has 0 bridgehead atoms. The first-order valence-corrected chi connectivity index (χ1v) is 12.4. The van der Waals surface area contributed by atoms with Gasteiger partial charge >= 0.3 is 5.97 Å². The summed E-state index contributed by atoms with van der Waals surface area (Å²) in [4.78, 5) is 10.9. The summed E-state index contributed by atoms with van der Waals surface area (Å²) < 4.78 is 0. The number of aromatic amines is 1. The van der Waals surface area contributed by atoms with E-state index >= 15 is 0 Å². The van der Waals surface area contributed by atoms with Crippen LogP contribution in [0.15, 0.2) is 77.8 Å². The number of aryl methyl sites for hydroxylation is 1. The molecule has 2 aromatic heterocycles. The van der Waals surface area contributed by atoms with Gasteiger partial charge in [0.1, 0.15) is 0 Å². The van der Waals surface area contributed by atoms with Gasteiger partial charge < -0.3 is 5.11 Å². The summed E-state index contributed by atoms with van der Waals surface area (Å²) in [6, 6.07) is 16.9. The second-order valence-corrected chi connectivity index (χ2v) is 9.49. The first kappa shape index (κ1) is 22.1. The number of thiophene rings is 1. The minimum absolute atomic E-state index is 0.545.